The number of likely N-dealkylation sites (tertiary alicyclic amines) is 1. The maximum Gasteiger partial charge on any atom is 0.225 e. The Kier molecular flexibility index (Phi) is 4.91. The van der Waals surface area contributed by atoms with Gasteiger partial charge >= 0.3 is 0 Å². The number of carbonyl (C=O) groups excluding carboxylic acids is 1. The maximum absolute atomic E-state index is 13.9. The van der Waals surface area contributed by atoms with Crippen molar-refractivity contribution in [3.05, 3.63) is 36.4 Å². The van der Waals surface area contributed by atoms with E-state index in [0.717, 1.165) is 18.4 Å². The normalized spacial score (nSPS) is 15.2. The molecule has 2 N–H and O–H groups in total. The molecule has 0 atom stereocenters. The van der Waals surface area contributed by atoms with Crippen LogP contribution in [0.15, 0.2) is 30.6 Å². The average Bonchev–Trinajstić information content (AvgIpc) is 3.25. The Hall–Kier alpha value is -3.69. The van der Waals surface area contributed by atoms with Gasteiger partial charge in [0, 0.05) is 30.8 Å². The van der Waals surface area contributed by atoms with E-state index in [4.69, 9.17) is 10.7 Å². The Labute approximate surface area is 183 Å². The standard InChI is InChI=1S/C22H23FN8O/c1-12(2)22(32)30-7-5-14(6-8-30)31-20-18(28-29-31)11-25-17-4-3-16(27-19(17)20)13-9-15(23)21(24)26-10-13/h3-4,9-12,14H,5-8H2,1-2H3,(H2,24,26). The second-order valence-electron chi connectivity index (χ2n) is 8.39. The first kappa shape index (κ1) is 20.2. The fourth-order valence-electron chi connectivity index (χ4n) is 4.18. The van der Waals surface area contributed by atoms with E-state index in [1.807, 2.05) is 29.5 Å². The fraction of sp³-hybridized carbons (Fsp3) is 0.364. The Morgan fingerprint density at radius 2 is 1.94 bits per heavy atom. The number of pyridine rings is 3. The predicted molar refractivity (Wildman–Crippen MR) is 118 cm³/mol. The lowest BCUT2D eigenvalue weighted by Crippen LogP contribution is -2.41. The molecule has 5 rings (SSSR count). The maximum atomic E-state index is 13.9. The number of carbonyl (C=O) groups is 1. The van der Waals surface area contributed by atoms with E-state index in [-0.39, 0.29) is 23.7 Å². The van der Waals surface area contributed by atoms with Crippen molar-refractivity contribution in [2.45, 2.75) is 32.7 Å². The second-order valence-corrected chi connectivity index (χ2v) is 8.39. The number of piperidine rings is 1. The topological polar surface area (TPSA) is 116 Å². The highest BCUT2D eigenvalue weighted by atomic mass is 19.1. The monoisotopic (exact) mass is 434 g/mol. The molecule has 1 fully saturated rings. The summed E-state index contributed by atoms with van der Waals surface area (Å²) in [4.78, 5) is 27.4. The molecule has 0 unspecified atom stereocenters. The molecule has 4 aromatic heterocycles. The van der Waals surface area contributed by atoms with Crippen LogP contribution in [0.5, 0.6) is 0 Å². The minimum atomic E-state index is -0.588. The minimum absolute atomic E-state index is 0.0101. The molecular weight excluding hydrogens is 411 g/mol. The van der Waals surface area contributed by atoms with Gasteiger partial charge in [0.05, 0.1) is 23.4 Å². The van der Waals surface area contributed by atoms with Gasteiger partial charge in [-0.25, -0.2) is 19.0 Å². The number of fused-ring (bicyclic) bond motifs is 3. The summed E-state index contributed by atoms with van der Waals surface area (Å²) in [7, 11) is 0. The molecule has 164 valence electrons. The van der Waals surface area contributed by atoms with Gasteiger partial charge in [-0.05, 0) is 31.0 Å². The van der Waals surface area contributed by atoms with Crippen LogP contribution in [0.4, 0.5) is 10.2 Å². The molecule has 4 aromatic rings. The predicted octanol–water partition coefficient (Wildman–Crippen LogP) is 2.98. The fourth-order valence-corrected chi connectivity index (χ4v) is 4.18. The van der Waals surface area contributed by atoms with E-state index in [1.165, 1.54) is 12.3 Å². The number of nitrogens with two attached hydrogens (primary N) is 1. The van der Waals surface area contributed by atoms with Crippen molar-refractivity contribution in [3.63, 3.8) is 0 Å². The molecule has 1 aliphatic heterocycles. The average molecular weight is 434 g/mol. The summed E-state index contributed by atoms with van der Waals surface area (Å²) < 4.78 is 15.8. The van der Waals surface area contributed by atoms with Gasteiger partial charge in [0.25, 0.3) is 0 Å². The van der Waals surface area contributed by atoms with Gasteiger partial charge in [0.2, 0.25) is 5.91 Å². The third-order valence-corrected chi connectivity index (χ3v) is 5.93. The molecule has 1 aliphatic rings. The molecular formula is C22H23FN8O. The largest absolute Gasteiger partial charge is 0.381 e. The summed E-state index contributed by atoms with van der Waals surface area (Å²) >= 11 is 0. The van der Waals surface area contributed by atoms with Crippen LogP contribution in [-0.4, -0.2) is 53.8 Å². The van der Waals surface area contributed by atoms with E-state index in [2.05, 4.69) is 20.3 Å². The quantitative estimate of drug-likeness (QED) is 0.527. The molecule has 0 saturated carbocycles. The summed E-state index contributed by atoms with van der Waals surface area (Å²) in [5, 5.41) is 8.69. The lowest BCUT2D eigenvalue weighted by molar-refractivity contribution is -0.135. The molecule has 0 aromatic carbocycles. The first-order chi connectivity index (χ1) is 15.4. The van der Waals surface area contributed by atoms with Crippen molar-refractivity contribution in [1.29, 1.82) is 0 Å². The molecule has 5 heterocycles. The van der Waals surface area contributed by atoms with Crippen molar-refractivity contribution in [1.82, 2.24) is 34.8 Å². The highest BCUT2D eigenvalue weighted by Crippen LogP contribution is 2.30. The van der Waals surface area contributed by atoms with Crippen molar-refractivity contribution in [2.24, 2.45) is 5.92 Å². The molecule has 9 nitrogen and oxygen atoms in total. The Bertz CT molecular complexity index is 1330. The molecule has 32 heavy (non-hydrogen) atoms. The zero-order valence-electron chi connectivity index (χ0n) is 17.9. The smallest absolute Gasteiger partial charge is 0.225 e. The van der Waals surface area contributed by atoms with Crippen LogP contribution in [0.2, 0.25) is 0 Å². The second kappa shape index (κ2) is 7.77. The first-order valence-electron chi connectivity index (χ1n) is 10.6. The number of halogens is 1. The first-order valence-corrected chi connectivity index (χ1v) is 10.6. The SMILES string of the molecule is CC(C)C(=O)N1CCC(n2nnc3cnc4ccc(-c5cnc(N)c(F)c5)nc4c32)CC1. The number of hydrogen-bond acceptors (Lipinski definition) is 7. The third kappa shape index (κ3) is 3.41. The van der Waals surface area contributed by atoms with Crippen LogP contribution in [0.25, 0.3) is 33.3 Å². The van der Waals surface area contributed by atoms with E-state index < -0.39 is 5.82 Å². The highest BCUT2D eigenvalue weighted by molar-refractivity contribution is 5.99. The van der Waals surface area contributed by atoms with Gasteiger partial charge in [-0.15, -0.1) is 5.10 Å². The third-order valence-electron chi connectivity index (χ3n) is 5.93. The van der Waals surface area contributed by atoms with Gasteiger partial charge in [-0.2, -0.15) is 0 Å². The number of aromatic nitrogens is 6. The van der Waals surface area contributed by atoms with Gasteiger partial charge in [0.15, 0.2) is 11.6 Å². The van der Waals surface area contributed by atoms with Gasteiger partial charge in [0.1, 0.15) is 16.6 Å². The molecule has 0 aliphatic carbocycles. The van der Waals surface area contributed by atoms with Crippen LogP contribution >= 0.6 is 0 Å². The number of anilines is 1. The van der Waals surface area contributed by atoms with Crippen LogP contribution in [0, 0.1) is 11.7 Å². The number of nitrogen functional groups attached to an aromatic ring is 1. The molecule has 10 heteroatoms. The van der Waals surface area contributed by atoms with Crippen LogP contribution < -0.4 is 5.73 Å². The number of rotatable bonds is 3. The Balaban J connectivity index is 1.54. The number of amides is 1. The Morgan fingerprint density at radius 1 is 1.16 bits per heavy atom. The lowest BCUT2D eigenvalue weighted by Gasteiger charge is -2.33. The summed E-state index contributed by atoms with van der Waals surface area (Å²) in [6, 6.07) is 5.04. The van der Waals surface area contributed by atoms with E-state index >= 15 is 0 Å². The van der Waals surface area contributed by atoms with Crippen LogP contribution in [0.1, 0.15) is 32.7 Å². The van der Waals surface area contributed by atoms with Gasteiger partial charge in [-0.3, -0.25) is 9.78 Å². The van der Waals surface area contributed by atoms with Crippen LogP contribution in [-0.2, 0) is 4.79 Å². The van der Waals surface area contributed by atoms with E-state index in [0.29, 0.717) is 40.9 Å². The number of hydrogen-bond donors (Lipinski definition) is 1. The van der Waals surface area contributed by atoms with Crippen molar-refractivity contribution in [2.75, 3.05) is 18.8 Å². The van der Waals surface area contributed by atoms with E-state index in [9.17, 15) is 9.18 Å². The molecule has 0 spiro atoms. The van der Waals surface area contributed by atoms with Crippen molar-refractivity contribution < 1.29 is 9.18 Å². The minimum Gasteiger partial charge on any atom is -0.381 e. The molecule has 0 radical (unpaired) electrons. The van der Waals surface area contributed by atoms with Gasteiger partial charge < -0.3 is 10.6 Å². The Morgan fingerprint density at radius 3 is 2.66 bits per heavy atom. The van der Waals surface area contributed by atoms with E-state index in [1.54, 1.807) is 12.3 Å². The van der Waals surface area contributed by atoms with Gasteiger partial charge in [-0.1, -0.05) is 19.1 Å². The van der Waals surface area contributed by atoms with Crippen LogP contribution in [0.3, 0.4) is 0 Å². The number of nitrogens with zero attached hydrogens (tertiary/aromatic N) is 7. The molecule has 0 bridgehead atoms. The van der Waals surface area contributed by atoms with Crippen molar-refractivity contribution >= 4 is 33.8 Å². The summed E-state index contributed by atoms with van der Waals surface area (Å²) in [5.41, 5.74) is 9.35. The highest BCUT2D eigenvalue weighted by Gasteiger charge is 2.27. The molecule has 1 amide bonds. The summed E-state index contributed by atoms with van der Waals surface area (Å²) in [5.74, 6) is -0.570. The molecule has 1 saturated heterocycles. The zero-order valence-corrected chi connectivity index (χ0v) is 17.9. The zero-order chi connectivity index (χ0) is 22.4. The lowest BCUT2D eigenvalue weighted by atomic mass is 10.0. The summed E-state index contributed by atoms with van der Waals surface area (Å²) in [6.07, 6.45) is 4.75. The van der Waals surface area contributed by atoms with Crippen molar-refractivity contribution in [3.8, 4) is 11.3 Å². The summed E-state index contributed by atoms with van der Waals surface area (Å²) in [6.45, 7) is 5.20.